The Morgan fingerprint density at radius 1 is 1.53 bits per heavy atom. The lowest BCUT2D eigenvalue weighted by atomic mass is 9.90. The van der Waals surface area contributed by atoms with E-state index in [2.05, 4.69) is 30.2 Å². The lowest BCUT2D eigenvalue weighted by molar-refractivity contribution is -0.0708. The normalized spacial score (nSPS) is 29.0. The molecule has 1 aliphatic heterocycles. The van der Waals surface area contributed by atoms with Gasteiger partial charge in [-0.05, 0) is 45.2 Å². The molecular weight excluding hydrogens is 212 g/mol. The van der Waals surface area contributed by atoms with Crippen molar-refractivity contribution in [1.29, 1.82) is 0 Å². The Balaban J connectivity index is 1.97. The molecule has 1 aromatic heterocycles. The third kappa shape index (κ3) is 3.19. The summed E-state index contributed by atoms with van der Waals surface area (Å²) in [6.45, 7) is 7.25. The Morgan fingerprint density at radius 3 is 3.00 bits per heavy atom. The van der Waals surface area contributed by atoms with Gasteiger partial charge in [-0.15, -0.1) is 0 Å². The van der Waals surface area contributed by atoms with Crippen LogP contribution in [0.1, 0.15) is 38.8 Å². The summed E-state index contributed by atoms with van der Waals surface area (Å²) in [5, 5.41) is 3.56. The number of hydrogen-bond acceptors (Lipinski definition) is 3. The molecule has 3 nitrogen and oxygen atoms in total. The van der Waals surface area contributed by atoms with Gasteiger partial charge in [0.05, 0.1) is 17.5 Å². The van der Waals surface area contributed by atoms with Gasteiger partial charge in [0, 0.05) is 18.3 Å². The van der Waals surface area contributed by atoms with Crippen molar-refractivity contribution in [2.24, 2.45) is 0 Å². The molecule has 1 saturated heterocycles. The van der Waals surface area contributed by atoms with Crippen molar-refractivity contribution in [3.63, 3.8) is 0 Å². The summed E-state index contributed by atoms with van der Waals surface area (Å²) in [5.41, 5.74) is 2.20. The van der Waals surface area contributed by atoms with Gasteiger partial charge in [-0.2, -0.15) is 0 Å². The summed E-state index contributed by atoms with van der Waals surface area (Å²) < 4.78 is 5.85. The second kappa shape index (κ2) is 5.05. The standard InChI is InChI=1S/C14H22N2O/c1-4-14(3)9-12(7-8-17-14)16-13-6-5-11(2)15-10-13/h5-6,10,12,16H,4,7-9H2,1-3H3. The Kier molecular flexibility index (Phi) is 3.67. The first kappa shape index (κ1) is 12.4. The molecule has 0 aliphatic carbocycles. The fourth-order valence-corrected chi connectivity index (χ4v) is 2.29. The molecule has 94 valence electrons. The second-order valence-electron chi connectivity index (χ2n) is 5.17. The van der Waals surface area contributed by atoms with E-state index < -0.39 is 0 Å². The van der Waals surface area contributed by atoms with E-state index in [1.54, 1.807) is 0 Å². The molecule has 0 aromatic carbocycles. The van der Waals surface area contributed by atoms with E-state index in [-0.39, 0.29) is 5.60 Å². The number of nitrogens with zero attached hydrogens (tertiary/aromatic N) is 1. The highest BCUT2D eigenvalue weighted by atomic mass is 16.5. The first-order valence-corrected chi connectivity index (χ1v) is 6.44. The van der Waals surface area contributed by atoms with Gasteiger partial charge in [0.2, 0.25) is 0 Å². The number of pyridine rings is 1. The number of aromatic nitrogens is 1. The van der Waals surface area contributed by atoms with Gasteiger partial charge in [-0.1, -0.05) is 6.92 Å². The number of ether oxygens (including phenoxy) is 1. The topological polar surface area (TPSA) is 34.2 Å². The quantitative estimate of drug-likeness (QED) is 0.872. The maximum atomic E-state index is 5.85. The molecule has 1 aromatic rings. The minimum absolute atomic E-state index is 0.0358. The van der Waals surface area contributed by atoms with Crippen molar-refractivity contribution in [3.8, 4) is 0 Å². The lowest BCUT2D eigenvalue weighted by Gasteiger charge is -2.38. The Bertz CT molecular complexity index is 363. The highest BCUT2D eigenvalue weighted by Crippen LogP contribution is 2.29. The van der Waals surface area contributed by atoms with Gasteiger partial charge < -0.3 is 10.1 Å². The number of nitrogens with one attached hydrogen (secondary N) is 1. The summed E-state index contributed by atoms with van der Waals surface area (Å²) in [7, 11) is 0. The van der Waals surface area contributed by atoms with Crippen LogP contribution >= 0.6 is 0 Å². The van der Waals surface area contributed by atoms with Gasteiger partial charge in [0.1, 0.15) is 0 Å². The molecule has 0 radical (unpaired) electrons. The van der Waals surface area contributed by atoms with Gasteiger partial charge in [0.25, 0.3) is 0 Å². The predicted octanol–water partition coefficient (Wildman–Crippen LogP) is 3.15. The SMILES string of the molecule is CCC1(C)CC(Nc2ccc(C)nc2)CCO1. The maximum Gasteiger partial charge on any atom is 0.0671 e. The molecular formula is C14H22N2O. The van der Waals surface area contributed by atoms with Crippen LogP contribution in [0, 0.1) is 6.92 Å². The number of aryl methyl sites for hydroxylation is 1. The van der Waals surface area contributed by atoms with Crippen molar-refractivity contribution in [2.75, 3.05) is 11.9 Å². The molecule has 2 atom stereocenters. The molecule has 0 amide bonds. The van der Waals surface area contributed by atoms with Crippen LogP contribution in [-0.4, -0.2) is 23.2 Å². The van der Waals surface area contributed by atoms with E-state index >= 15 is 0 Å². The maximum absolute atomic E-state index is 5.85. The molecule has 0 bridgehead atoms. The summed E-state index contributed by atoms with van der Waals surface area (Å²) >= 11 is 0. The molecule has 1 N–H and O–H groups in total. The van der Waals surface area contributed by atoms with Crippen molar-refractivity contribution >= 4 is 5.69 Å². The van der Waals surface area contributed by atoms with Crippen LogP contribution in [-0.2, 0) is 4.74 Å². The average molecular weight is 234 g/mol. The molecule has 2 unspecified atom stereocenters. The monoisotopic (exact) mass is 234 g/mol. The minimum atomic E-state index is 0.0358. The Labute approximate surface area is 104 Å². The molecule has 0 spiro atoms. The summed E-state index contributed by atoms with van der Waals surface area (Å²) in [6.07, 6.45) is 5.12. The highest BCUT2D eigenvalue weighted by Gasteiger charge is 2.31. The third-order valence-electron chi connectivity index (χ3n) is 3.63. The first-order valence-electron chi connectivity index (χ1n) is 6.44. The van der Waals surface area contributed by atoms with Gasteiger partial charge in [-0.3, -0.25) is 4.98 Å². The van der Waals surface area contributed by atoms with E-state index in [4.69, 9.17) is 4.74 Å². The molecule has 17 heavy (non-hydrogen) atoms. The van der Waals surface area contributed by atoms with E-state index in [1.165, 1.54) is 0 Å². The zero-order chi connectivity index (χ0) is 12.3. The summed E-state index contributed by atoms with van der Waals surface area (Å²) in [6, 6.07) is 4.64. The minimum Gasteiger partial charge on any atom is -0.381 e. The number of rotatable bonds is 3. The fourth-order valence-electron chi connectivity index (χ4n) is 2.29. The van der Waals surface area contributed by atoms with Crippen LogP contribution in [0.2, 0.25) is 0 Å². The van der Waals surface area contributed by atoms with Crippen LogP contribution in [0.4, 0.5) is 5.69 Å². The molecule has 3 heteroatoms. The van der Waals surface area contributed by atoms with E-state index in [1.807, 2.05) is 19.2 Å². The van der Waals surface area contributed by atoms with Gasteiger partial charge >= 0.3 is 0 Å². The molecule has 2 rings (SSSR count). The zero-order valence-corrected chi connectivity index (χ0v) is 11.0. The Morgan fingerprint density at radius 2 is 2.35 bits per heavy atom. The number of hydrogen-bond donors (Lipinski definition) is 1. The van der Waals surface area contributed by atoms with Crippen molar-refractivity contribution < 1.29 is 4.74 Å². The molecule has 0 saturated carbocycles. The Hall–Kier alpha value is -1.09. The average Bonchev–Trinajstić information content (AvgIpc) is 2.32. The van der Waals surface area contributed by atoms with E-state index in [0.29, 0.717) is 6.04 Å². The van der Waals surface area contributed by atoms with Gasteiger partial charge in [-0.25, -0.2) is 0 Å². The van der Waals surface area contributed by atoms with Crippen LogP contribution in [0.15, 0.2) is 18.3 Å². The smallest absolute Gasteiger partial charge is 0.0671 e. The summed E-state index contributed by atoms with van der Waals surface area (Å²) in [5.74, 6) is 0. The highest BCUT2D eigenvalue weighted by molar-refractivity contribution is 5.42. The number of anilines is 1. The van der Waals surface area contributed by atoms with Crippen molar-refractivity contribution in [1.82, 2.24) is 4.98 Å². The third-order valence-corrected chi connectivity index (χ3v) is 3.63. The van der Waals surface area contributed by atoms with Crippen LogP contribution in [0.25, 0.3) is 0 Å². The van der Waals surface area contributed by atoms with Crippen molar-refractivity contribution in [2.45, 2.75) is 51.7 Å². The zero-order valence-electron chi connectivity index (χ0n) is 11.0. The van der Waals surface area contributed by atoms with Crippen molar-refractivity contribution in [3.05, 3.63) is 24.0 Å². The first-order chi connectivity index (χ1) is 8.11. The van der Waals surface area contributed by atoms with E-state index in [0.717, 1.165) is 37.3 Å². The molecule has 1 fully saturated rings. The van der Waals surface area contributed by atoms with E-state index in [9.17, 15) is 0 Å². The molecule has 1 aliphatic rings. The van der Waals surface area contributed by atoms with Crippen LogP contribution in [0.5, 0.6) is 0 Å². The lowest BCUT2D eigenvalue weighted by Crippen LogP contribution is -2.41. The second-order valence-corrected chi connectivity index (χ2v) is 5.17. The summed E-state index contributed by atoms with van der Waals surface area (Å²) in [4.78, 5) is 4.31. The molecule has 2 heterocycles. The fraction of sp³-hybridized carbons (Fsp3) is 0.643. The largest absolute Gasteiger partial charge is 0.381 e. The predicted molar refractivity (Wildman–Crippen MR) is 70.3 cm³/mol. The van der Waals surface area contributed by atoms with Gasteiger partial charge in [0.15, 0.2) is 0 Å². The van der Waals surface area contributed by atoms with Crippen LogP contribution in [0.3, 0.4) is 0 Å². The van der Waals surface area contributed by atoms with Crippen LogP contribution < -0.4 is 5.32 Å².